The molecule has 3 aromatic rings. The molecule has 0 fully saturated rings. The van der Waals surface area contributed by atoms with E-state index in [0.29, 0.717) is 4.40 Å². The van der Waals surface area contributed by atoms with Crippen molar-refractivity contribution in [2.75, 3.05) is 0 Å². The zero-order chi connectivity index (χ0) is 18.4. The molecule has 0 atom stereocenters. The zero-order valence-electron chi connectivity index (χ0n) is 11.7. The Kier molecular flexibility index (Phi) is 3.98. The average Bonchev–Trinajstić information content (AvgIpc) is 2.88. The Morgan fingerprint density at radius 1 is 1.04 bits per heavy atom. The highest BCUT2D eigenvalue weighted by Gasteiger charge is 2.37. The number of fused-ring (bicyclic) bond motifs is 1. The normalized spacial score (nSPS) is 12.6. The number of hydrogen-bond acceptors (Lipinski definition) is 4. The lowest BCUT2D eigenvalue weighted by atomic mass is 10.1. The lowest BCUT2D eigenvalue weighted by molar-refractivity contribution is -0.274. The molecular formula is C13H5ClF6N4O. The Morgan fingerprint density at radius 3 is 2.36 bits per heavy atom. The van der Waals surface area contributed by atoms with Crippen LogP contribution in [0.5, 0.6) is 5.75 Å². The standard InChI is InChI=1S/C13H5ClF6N4O/c14-8-3-6(25-13(18,19)20)1-2-7(8)9-5-24-10(4-21-9)22-23-11(24)12(15,16)17/h1-5H. The Hall–Kier alpha value is -2.56. The number of nitrogens with zero attached hydrogens (tertiary/aromatic N) is 4. The molecule has 0 saturated heterocycles. The quantitative estimate of drug-likeness (QED) is 0.618. The maximum Gasteiger partial charge on any atom is 0.573 e. The number of ether oxygens (including phenoxy) is 1. The fourth-order valence-corrected chi connectivity index (χ4v) is 2.30. The lowest BCUT2D eigenvalue weighted by Crippen LogP contribution is -2.17. The summed E-state index contributed by atoms with van der Waals surface area (Å²) in [6, 6.07) is 3.00. The molecule has 0 aliphatic rings. The van der Waals surface area contributed by atoms with E-state index in [-0.39, 0.29) is 21.9 Å². The van der Waals surface area contributed by atoms with Crippen LogP contribution in [-0.4, -0.2) is 25.9 Å². The molecule has 0 saturated carbocycles. The molecule has 0 spiro atoms. The Labute approximate surface area is 139 Å². The van der Waals surface area contributed by atoms with Gasteiger partial charge in [-0.3, -0.25) is 9.38 Å². The van der Waals surface area contributed by atoms with E-state index in [0.717, 1.165) is 30.6 Å². The fourth-order valence-electron chi connectivity index (χ4n) is 2.03. The molecular weight excluding hydrogens is 378 g/mol. The van der Waals surface area contributed by atoms with Gasteiger partial charge in [0, 0.05) is 11.8 Å². The smallest absolute Gasteiger partial charge is 0.406 e. The second-order valence-electron chi connectivity index (χ2n) is 4.71. The second kappa shape index (κ2) is 5.76. The van der Waals surface area contributed by atoms with Crippen molar-refractivity contribution in [1.82, 2.24) is 19.6 Å². The third-order valence-corrected chi connectivity index (χ3v) is 3.31. The van der Waals surface area contributed by atoms with Gasteiger partial charge in [0.1, 0.15) is 5.75 Å². The van der Waals surface area contributed by atoms with Crippen molar-refractivity contribution < 1.29 is 31.1 Å². The number of benzene rings is 1. The maximum absolute atomic E-state index is 12.9. The van der Waals surface area contributed by atoms with Crippen LogP contribution in [0.15, 0.2) is 30.6 Å². The van der Waals surface area contributed by atoms with E-state index in [1.165, 1.54) is 0 Å². The molecule has 0 bridgehead atoms. The molecule has 0 amide bonds. The van der Waals surface area contributed by atoms with Crippen LogP contribution < -0.4 is 4.74 Å². The van der Waals surface area contributed by atoms with Crippen LogP contribution in [0.1, 0.15) is 5.82 Å². The highest BCUT2D eigenvalue weighted by Crippen LogP contribution is 2.33. The highest BCUT2D eigenvalue weighted by atomic mass is 35.5. The molecule has 5 nitrogen and oxygen atoms in total. The van der Waals surface area contributed by atoms with Crippen molar-refractivity contribution >= 4 is 17.2 Å². The number of halogens is 7. The van der Waals surface area contributed by atoms with Gasteiger partial charge in [-0.2, -0.15) is 13.2 Å². The van der Waals surface area contributed by atoms with E-state index in [2.05, 4.69) is 19.9 Å². The van der Waals surface area contributed by atoms with E-state index >= 15 is 0 Å². The molecule has 2 heterocycles. The van der Waals surface area contributed by atoms with Gasteiger partial charge in [-0.15, -0.1) is 23.4 Å². The molecule has 0 unspecified atom stereocenters. The average molecular weight is 383 g/mol. The summed E-state index contributed by atoms with van der Waals surface area (Å²) in [4.78, 5) is 3.90. The third-order valence-electron chi connectivity index (χ3n) is 3.00. The van der Waals surface area contributed by atoms with Gasteiger partial charge in [0.25, 0.3) is 0 Å². The molecule has 12 heteroatoms. The van der Waals surface area contributed by atoms with Gasteiger partial charge in [0.05, 0.1) is 16.9 Å². The Morgan fingerprint density at radius 2 is 1.76 bits per heavy atom. The minimum absolute atomic E-state index is 0.0126. The van der Waals surface area contributed by atoms with Gasteiger partial charge < -0.3 is 4.74 Å². The molecule has 25 heavy (non-hydrogen) atoms. The SMILES string of the molecule is FC(F)(F)Oc1ccc(-c2cn3c(C(F)(F)F)nnc3cn2)c(Cl)c1. The van der Waals surface area contributed by atoms with E-state index in [4.69, 9.17) is 11.6 Å². The second-order valence-corrected chi connectivity index (χ2v) is 5.12. The first-order valence-corrected chi connectivity index (χ1v) is 6.76. The first kappa shape index (κ1) is 17.3. The van der Waals surface area contributed by atoms with Crippen molar-refractivity contribution in [3.05, 3.63) is 41.4 Å². The topological polar surface area (TPSA) is 52.3 Å². The van der Waals surface area contributed by atoms with E-state index in [1.807, 2.05) is 0 Å². The van der Waals surface area contributed by atoms with E-state index in [1.54, 1.807) is 0 Å². The summed E-state index contributed by atoms with van der Waals surface area (Å²) < 4.78 is 79.6. The molecule has 0 N–H and O–H groups in total. The van der Waals surface area contributed by atoms with Crippen LogP contribution in [-0.2, 0) is 6.18 Å². The van der Waals surface area contributed by atoms with Crippen molar-refractivity contribution in [3.63, 3.8) is 0 Å². The molecule has 0 aliphatic heterocycles. The van der Waals surface area contributed by atoms with Crippen molar-refractivity contribution in [2.24, 2.45) is 0 Å². The first-order chi connectivity index (χ1) is 11.5. The van der Waals surface area contributed by atoms with Crippen LogP contribution in [0.4, 0.5) is 26.3 Å². The van der Waals surface area contributed by atoms with Gasteiger partial charge in [0.2, 0.25) is 5.82 Å². The van der Waals surface area contributed by atoms with Crippen LogP contribution >= 0.6 is 11.6 Å². The highest BCUT2D eigenvalue weighted by molar-refractivity contribution is 6.33. The first-order valence-electron chi connectivity index (χ1n) is 6.38. The summed E-state index contributed by atoms with van der Waals surface area (Å²) in [5.74, 6) is -1.83. The molecule has 0 aliphatic carbocycles. The predicted octanol–water partition coefficient (Wildman–Crippen LogP) is 4.36. The Bertz CT molecular complexity index is 936. The molecule has 3 rings (SSSR count). The number of hydrogen-bond donors (Lipinski definition) is 0. The lowest BCUT2D eigenvalue weighted by Gasteiger charge is -2.11. The summed E-state index contributed by atoms with van der Waals surface area (Å²) >= 11 is 5.90. The van der Waals surface area contributed by atoms with Crippen LogP contribution in [0, 0.1) is 0 Å². The van der Waals surface area contributed by atoms with Crippen LogP contribution in [0.3, 0.4) is 0 Å². The van der Waals surface area contributed by atoms with Crippen LogP contribution in [0.25, 0.3) is 16.9 Å². The maximum atomic E-state index is 12.9. The van der Waals surface area contributed by atoms with Gasteiger partial charge in [-0.1, -0.05) is 11.6 Å². The van der Waals surface area contributed by atoms with Gasteiger partial charge in [0.15, 0.2) is 5.65 Å². The fraction of sp³-hybridized carbons (Fsp3) is 0.154. The molecule has 1 aromatic carbocycles. The Balaban J connectivity index is 2.04. The van der Waals surface area contributed by atoms with Crippen molar-refractivity contribution in [2.45, 2.75) is 12.5 Å². The summed E-state index contributed by atoms with van der Waals surface area (Å²) in [5, 5.41) is 6.21. The van der Waals surface area contributed by atoms with Crippen molar-refractivity contribution in [1.29, 1.82) is 0 Å². The number of alkyl halides is 6. The summed E-state index contributed by atoms with van der Waals surface area (Å²) in [7, 11) is 0. The van der Waals surface area contributed by atoms with E-state index in [9.17, 15) is 26.3 Å². The summed E-state index contributed by atoms with van der Waals surface area (Å²) in [6.07, 6.45) is -7.62. The largest absolute Gasteiger partial charge is 0.573 e. The monoisotopic (exact) mass is 382 g/mol. The van der Waals surface area contributed by atoms with Crippen molar-refractivity contribution in [3.8, 4) is 17.0 Å². The molecule has 132 valence electrons. The number of aromatic nitrogens is 4. The zero-order valence-corrected chi connectivity index (χ0v) is 12.5. The number of rotatable bonds is 2. The van der Waals surface area contributed by atoms with Gasteiger partial charge >= 0.3 is 12.5 Å². The van der Waals surface area contributed by atoms with Gasteiger partial charge in [-0.25, -0.2) is 0 Å². The van der Waals surface area contributed by atoms with E-state index < -0.39 is 24.1 Å². The minimum Gasteiger partial charge on any atom is -0.406 e. The molecule has 0 radical (unpaired) electrons. The van der Waals surface area contributed by atoms with Crippen LogP contribution in [0.2, 0.25) is 5.02 Å². The summed E-state index contributed by atoms with van der Waals surface area (Å²) in [6.45, 7) is 0. The summed E-state index contributed by atoms with van der Waals surface area (Å²) in [5.41, 5.74) is -0.0505. The minimum atomic E-state index is -4.90. The van der Waals surface area contributed by atoms with Gasteiger partial charge in [-0.05, 0) is 18.2 Å². The molecule has 2 aromatic heterocycles. The third kappa shape index (κ3) is 3.60. The predicted molar refractivity (Wildman–Crippen MR) is 72.9 cm³/mol.